The number of benzene rings is 2. The summed E-state index contributed by atoms with van der Waals surface area (Å²) in [6, 6.07) is 9.25. The molecule has 0 radical (unpaired) electrons. The van der Waals surface area contributed by atoms with Crippen LogP contribution in [-0.4, -0.2) is 6.29 Å². The second-order valence-electron chi connectivity index (χ2n) is 4.28. The Balaban J connectivity index is 2.25. The van der Waals surface area contributed by atoms with Gasteiger partial charge >= 0.3 is 0 Å². The number of carbonyl (C=O) groups is 1. The fourth-order valence-electron chi connectivity index (χ4n) is 1.83. The third-order valence-electron chi connectivity index (χ3n) is 2.78. The highest BCUT2D eigenvalue weighted by molar-refractivity contribution is 9.10. The average molecular weight is 419 g/mol. The molecule has 0 N–H and O–H groups in total. The monoisotopic (exact) mass is 416 g/mol. The van der Waals surface area contributed by atoms with Crippen molar-refractivity contribution >= 4 is 49.7 Å². The van der Waals surface area contributed by atoms with Crippen molar-refractivity contribution in [3.63, 3.8) is 0 Å². The maximum absolute atomic E-state index is 11.1. The Morgan fingerprint density at radius 2 is 1.95 bits per heavy atom. The van der Waals surface area contributed by atoms with Crippen molar-refractivity contribution in [1.82, 2.24) is 0 Å². The Kier molecular flexibility index (Phi) is 5.24. The van der Waals surface area contributed by atoms with Gasteiger partial charge in [0.2, 0.25) is 0 Å². The molecular weight excluding hydrogens is 407 g/mol. The number of hydrogen-bond acceptors (Lipinski definition) is 2. The van der Waals surface area contributed by atoms with Crippen LogP contribution < -0.4 is 4.74 Å². The summed E-state index contributed by atoms with van der Waals surface area (Å²) in [4.78, 5) is 11.1. The molecule has 0 spiro atoms. The van der Waals surface area contributed by atoms with Crippen LogP contribution in [0, 0.1) is 6.92 Å². The first-order chi connectivity index (χ1) is 9.51. The van der Waals surface area contributed by atoms with Crippen LogP contribution in [0.4, 0.5) is 0 Å². The summed E-state index contributed by atoms with van der Waals surface area (Å²) in [7, 11) is 0. The van der Waals surface area contributed by atoms with Crippen molar-refractivity contribution in [2.24, 2.45) is 0 Å². The Hall–Kier alpha value is -0.840. The van der Waals surface area contributed by atoms with Crippen molar-refractivity contribution in [1.29, 1.82) is 0 Å². The molecule has 0 atom stereocenters. The first-order valence-electron chi connectivity index (χ1n) is 5.83. The number of aldehydes is 1. The first-order valence-corrected chi connectivity index (χ1v) is 7.79. The fraction of sp³-hybridized carbons (Fsp3) is 0.133. The van der Waals surface area contributed by atoms with E-state index in [4.69, 9.17) is 16.3 Å². The zero-order valence-electron chi connectivity index (χ0n) is 10.6. The molecule has 104 valence electrons. The minimum absolute atomic E-state index is 0.315. The maximum Gasteiger partial charge on any atom is 0.153 e. The molecule has 0 heterocycles. The molecule has 0 aliphatic carbocycles. The van der Waals surface area contributed by atoms with Crippen LogP contribution in [0.3, 0.4) is 0 Å². The van der Waals surface area contributed by atoms with Gasteiger partial charge in [-0.3, -0.25) is 4.79 Å². The Morgan fingerprint density at radius 3 is 2.60 bits per heavy atom. The third-order valence-corrected chi connectivity index (χ3v) is 4.09. The minimum Gasteiger partial charge on any atom is -0.488 e. The molecule has 0 aromatic heterocycles. The van der Waals surface area contributed by atoms with Gasteiger partial charge in [-0.05, 0) is 36.8 Å². The zero-order valence-corrected chi connectivity index (χ0v) is 14.5. The molecule has 0 aliphatic rings. The molecule has 0 saturated carbocycles. The summed E-state index contributed by atoms with van der Waals surface area (Å²) in [6.07, 6.45) is 0.788. The second kappa shape index (κ2) is 6.74. The van der Waals surface area contributed by atoms with Gasteiger partial charge in [-0.25, -0.2) is 0 Å². The van der Waals surface area contributed by atoms with Gasteiger partial charge in [-0.15, -0.1) is 0 Å². The van der Waals surface area contributed by atoms with Gasteiger partial charge in [0.15, 0.2) is 6.29 Å². The van der Waals surface area contributed by atoms with Crippen LogP contribution in [0.2, 0.25) is 5.02 Å². The number of carbonyl (C=O) groups excluding carboxylic acids is 1. The van der Waals surface area contributed by atoms with Crippen molar-refractivity contribution < 1.29 is 9.53 Å². The first kappa shape index (κ1) is 15.5. The summed E-state index contributed by atoms with van der Waals surface area (Å²) >= 11 is 12.9. The topological polar surface area (TPSA) is 26.3 Å². The predicted molar refractivity (Wildman–Crippen MR) is 87.8 cm³/mol. The van der Waals surface area contributed by atoms with Gasteiger partial charge in [0.25, 0.3) is 0 Å². The normalized spacial score (nSPS) is 10.4. The van der Waals surface area contributed by atoms with E-state index in [1.807, 2.05) is 31.2 Å². The predicted octanol–water partition coefficient (Wildman–Crippen LogP) is 5.56. The van der Waals surface area contributed by atoms with Crippen LogP contribution in [0.5, 0.6) is 5.75 Å². The van der Waals surface area contributed by atoms with E-state index in [1.165, 1.54) is 0 Å². The third kappa shape index (κ3) is 3.62. The largest absolute Gasteiger partial charge is 0.488 e. The molecule has 2 rings (SSSR count). The molecule has 0 fully saturated rings. The molecule has 0 saturated heterocycles. The summed E-state index contributed by atoms with van der Waals surface area (Å²) < 4.78 is 7.54. The molecule has 0 aliphatic heterocycles. The van der Waals surface area contributed by atoms with Gasteiger partial charge in [-0.2, -0.15) is 0 Å². The lowest BCUT2D eigenvalue weighted by molar-refractivity contribution is 0.111. The SMILES string of the molecule is Cc1cc(Br)cc(C=O)c1OCc1ccc(Br)cc1Cl. The lowest BCUT2D eigenvalue weighted by Crippen LogP contribution is -2.01. The Morgan fingerprint density at radius 1 is 1.20 bits per heavy atom. The Labute approximate surface area is 139 Å². The summed E-state index contributed by atoms with van der Waals surface area (Å²) in [5, 5.41) is 0.627. The molecule has 20 heavy (non-hydrogen) atoms. The van der Waals surface area contributed by atoms with Gasteiger partial charge in [0.05, 0.1) is 5.56 Å². The Bertz CT molecular complexity index is 657. The van der Waals surface area contributed by atoms with Crippen molar-refractivity contribution in [3.8, 4) is 5.75 Å². The summed E-state index contributed by atoms with van der Waals surface area (Å²) in [6.45, 7) is 2.21. The highest BCUT2D eigenvalue weighted by atomic mass is 79.9. The van der Waals surface area contributed by atoms with Crippen LogP contribution in [-0.2, 0) is 6.61 Å². The van der Waals surface area contributed by atoms with Crippen molar-refractivity contribution in [2.45, 2.75) is 13.5 Å². The molecule has 0 amide bonds. The van der Waals surface area contributed by atoms with Crippen LogP contribution in [0.25, 0.3) is 0 Å². The number of ether oxygens (including phenoxy) is 1. The highest BCUT2D eigenvalue weighted by Gasteiger charge is 2.10. The van der Waals surface area contributed by atoms with E-state index in [-0.39, 0.29) is 0 Å². The van der Waals surface area contributed by atoms with Crippen molar-refractivity contribution in [3.05, 3.63) is 61.0 Å². The van der Waals surface area contributed by atoms with Crippen molar-refractivity contribution in [2.75, 3.05) is 0 Å². The number of rotatable bonds is 4. The lowest BCUT2D eigenvalue weighted by Gasteiger charge is -2.13. The van der Waals surface area contributed by atoms with E-state index in [2.05, 4.69) is 31.9 Å². The van der Waals surface area contributed by atoms with Crippen LogP contribution in [0.15, 0.2) is 39.3 Å². The lowest BCUT2D eigenvalue weighted by atomic mass is 10.1. The number of halogens is 3. The van der Waals surface area contributed by atoms with Gasteiger partial charge in [0.1, 0.15) is 12.4 Å². The molecule has 5 heteroatoms. The highest BCUT2D eigenvalue weighted by Crippen LogP contribution is 2.29. The molecule has 0 unspecified atom stereocenters. The maximum atomic E-state index is 11.1. The smallest absolute Gasteiger partial charge is 0.153 e. The summed E-state index contributed by atoms with van der Waals surface area (Å²) in [5.74, 6) is 0.585. The van der Waals surface area contributed by atoms with E-state index in [9.17, 15) is 4.79 Å². The van der Waals surface area contributed by atoms with Crippen LogP contribution >= 0.6 is 43.5 Å². The van der Waals surface area contributed by atoms with E-state index in [0.717, 1.165) is 26.4 Å². The summed E-state index contributed by atoms with van der Waals surface area (Å²) in [5.41, 5.74) is 2.29. The molecular formula is C15H11Br2ClO2. The van der Waals surface area contributed by atoms with E-state index < -0.39 is 0 Å². The van der Waals surface area contributed by atoms with E-state index in [0.29, 0.717) is 22.9 Å². The van der Waals surface area contributed by atoms with Gasteiger partial charge in [0, 0.05) is 19.5 Å². The van der Waals surface area contributed by atoms with Crippen LogP contribution in [0.1, 0.15) is 21.5 Å². The quantitative estimate of drug-likeness (QED) is 0.607. The molecule has 2 aromatic rings. The van der Waals surface area contributed by atoms with E-state index in [1.54, 1.807) is 6.07 Å². The minimum atomic E-state index is 0.315. The average Bonchev–Trinajstić information content (AvgIpc) is 2.38. The van der Waals surface area contributed by atoms with Gasteiger partial charge < -0.3 is 4.74 Å². The molecule has 2 aromatic carbocycles. The molecule has 0 bridgehead atoms. The van der Waals surface area contributed by atoms with E-state index >= 15 is 0 Å². The number of hydrogen-bond donors (Lipinski definition) is 0. The molecule has 2 nitrogen and oxygen atoms in total. The second-order valence-corrected chi connectivity index (χ2v) is 6.52. The zero-order chi connectivity index (χ0) is 14.7. The fourth-order valence-corrected chi connectivity index (χ4v) is 3.15. The van der Waals surface area contributed by atoms with Gasteiger partial charge in [-0.1, -0.05) is 49.5 Å². The number of aryl methyl sites for hydroxylation is 1. The standard InChI is InChI=1S/C15H11Br2ClO2/c1-9-4-13(17)5-11(7-19)15(9)20-8-10-2-3-12(16)6-14(10)18/h2-7H,8H2,1H3.